The molecule has 1 aliphatic rings. The zero-order valence-corrected chi connectivity index (χ0v) is 14.8. The van der Waals surface area contributed by atoms with Crippen molar-refractivity contribution in [2.75, 3.05) is 23.8 Å². The van der Waals surface area contributed by atoms with E-state index in [1.165, 1.54) is 17.3 Å². The van der Waals surface area contributed by atoms with Crippen molar-refractivity contribution in [1.82, 2.24) is 4.90 Å². The summed E-state index contributed by atoms with van der Waals surface area (Å²) in [5, 5.41) is 0. The Hall–Kier alpha value is -1.01. The van der Waals surface area contributed by atoms with Gasteiger partial charge in [-0.3, -0.25) is 4.79 Å². The van der Waals surface area contributed by atoms with Crippen molar-refractivity contribution in [2.45, 2.75) is 37.6 Å². The van der Waals surface area contributed by atoms with Crippen molar-refractivity contribution in [1.29, 1.82) is 0 Å². The molecule has 1 fully saturated rings. The molecule has 0 aliphatic carbocycles. The number of aryl methyl sites for hydroxylation is 1. The van der Waals surface area contributed by atoms with E-state index in [9.17, 15) is 13.2 Å². The maximum Gasteiger partial charge on any atom is 0.233 e. The summed E-state index contributed by atoms with van der Waals surface area (Å²) in [6, 6.07) is 7.94. The summed E-state index contributed by atoms with van der Waals surface area (Å²) in [6.45, 7) is 4.67. The van der Waals surface area contributed by atoms with E-state index in [-0.39, 0.29) is 23.5 Å². The molecule has 1 aliphatic heterocycles. The molecule has 0 radical (unpaired) electrons. The van der Waals surface area contributed by atoms with Crippen molar-refractivity contribution in [3.63, 3.8) is 0 Å². The molecule has 1 aromatic rings. The fourth-order valence-corrected chi connectivity index (χ4v) is 5.15. The lowest BCUT2D eigenvalue weighted by atomic mass is 10.2. The van der Waals surface area contributed by atoms with Gasteiger partial charge in [-0.2, -0.15) is 0 Å². The lowest BCUT2D eigenvalue weighted by Gasteiger charge is -2.27. The Balaban J connectivity index is 1.96. The molecule has 122 valence electrons. The molecule has 1 heterocycles. The maximum absolute atomic E-state index is 12.5. The zero-order chi connectivity index (χ0) is 16.2. The van der Waals surface area contributed by atoms with Gasteiger partial charge in [0.1, 0.15) is 0 Å². The molecule has 1 aromatic carbocycles. The van der Waals surface area contributed by atoms with E-state index in [0.717, 1.165) is 11.3 Å². The first-order valence-corrected chi connectivity index (χ1v) is 10.4. The molecule has 0 bridgehead atoms. The van der Waals surface area contributed by atoms with Crippen LogP contribution in [0.15, 0.2) is 29.2 Å². The minimum absolute atomic E-state index is 0.0366. The summed E-state index contributed by atoms with van der Waals surface area (Å²) >= 11 is 1.51. The molecule has 1 amide bonds. The lowest BCUT2D eigenvalue weighted by Crippen LogP contribution is -2.42. The Labute approximate surface area is 137 Å². The Morgan fingerprint density at radius 1 is 1.32 bits per heavy atom. The van der Waals surface area contributed by atoms with Gasteiger partial charge >= 0.3 is 0 Å². The lowest BCUT2D eigenvalue weighted by molar-refractivity contribution is -0.130. The first kappa shape index (κ1) is 17.3. The van der Waals surface area contributed by atoms with Crippen LogP contribution in [0.25, 0.3) is 0 Å². The van der Waals surface area contributed by atoms with E-state index >= 15 is 0 Å². The zero-order valence-electron chi connectivity index (χ0n) is 13.1. The molecule has 0 saturated carbocycles. The van der Waals surface area contributed by atoms with Crippen LogP contribution in [-0.4, -0.2) is 49.1 Å². The standard InChI is InChI=1S/C16H23NO3S2/c1-3-9-17(14-8-10-22(19,20)12-14)16(18)11-21-15-6-4-13(2)5-7-15/h4-7,14H,3,8-12H2,1-2H3. The van der Waals surface area contributed by atoms with E-state index < -0.39 is 9.84 Å². The van der Waals surface area contributed by atoms with Crippen LogP contribution in [0.2, 0.25) is 0 Å². The minimum Gasteiger partial charge on any atom is -0.338 e. The van der Waals surface area contributed by atoms with E-state index in [2.05, 4.69) is 0 Å². The van der Waals surface area contributed by atoms with Crippen LogP contribution in [0.4, 0.5) is 0 Å². The molecular formula is C16H23NO3S2. The summed E-state index contributed by atoms with van der Waals surface area (Å²) in [7, 11) is -2.96. The van der Waals surface area contributed by atoms with Crippen molar-refractivity contribution < 1.29 is 13.2 Å². The van der Waals surface area contributed by atoms with Gasteiger partial charge in [0.25, 0.3) is 0 Å². The Morgan fingerprint density at radius 3 is 2.55 bits per heavy atom. The van der Waals surface area contributed by atoms with Crippen molar-refractivity contribution in [2.24, 2.45) is 0 Å². The highest BCUT2D eigenvalue weighted by molar-refractivity contribution is 8.00. The predicted molar refractivity (Wildman–Crippen MR) is 91.0 cm³/mol. The van der Waals surface area contributed by atoms with E-state index in [1.807, 2.05) is 38.1 Å². The van der Waals surface area contributed by atoms with E-state index in [0.29, 0.717) is 18.7 Å². The van der Waals surface area contributed by atoms with Crippen LogP contribution in [0, 0.1) is 6.92 Å². The quantitative estimate of drug-likeness (QED) is 0.746. The Kier molecular flexibility index (Phi) is 5.92. The highest BCUT2D eigenvalue weighted by Gasteiger charge is 2.34. The van der Waals surface area contributed by atoms with Crippen LogP contribution in [-0.2, 0) is 14.6 Å². The van der Waals surface area contributed by atoms with Crippen molar-refractivity contribution in [3.05, 3.63) is 29.8 Å². The van der Waals surface area contributed by atoms with Gasteiger partial charge in [0.15, 0.2) is 9.84 Å². The largest absolute Gasteiger partial charge is 0.338 e. The van der Waals surface area contributed by atoms with Gasteiger partial charge in [-0.1, -0.05) is 24.6 Å². The molecule has 2 rings (SSSR count). The van der Waals surface area contributed by atoms with Crippen LogP contribution in [0.1, 0.15) is 25.3 Å². The molecule has 1 saturated heterocycles. The number of amides is 1. The second-order valence-electron chi connectivity index (χ2n) is 5.75. The average Bonchev–Trinajstić information content (AvgIpc) is 2.83. The third kappa shape index (κ3) is 4.74. The number of rotatable bonds is 6. The van der Waals surface area contributed by atoms with Gasteiger partial charge in [0.05, 0.1) is 17.3 Å². The van der Waals surface area contributed by atoms with Gasteiger partial charge in [0, 0.05) is 17.5 Å². The molecule has 0 N–H and O–H groups in total. The number of thioether (sulfide) groups is 1. The second-order valence-corrected chi connectivity index (χ2v) is 9.02. The first-order chi connectivity index (χ1) is 10.4. The van der Waals surface area contributed by atoms with E-state index in [1.54, 1.807) is 4.90 Å². The fraction of sp³-hybridized carbons (Fsp3) is 0.562. The summed E-state index contributed by atoms with van der Waals surface area (Å²) in [5.74, 6) is 0.721. The van der Waals surface area contributed by atoms with Gasteiger partial charge < -0.3 is 4.90 Å². The van der Waals surface area contributed by atoms with Crippen LogP contribution >= 0.6 is 11.8 Å². The maximum atomic E-state index is 12.5. The summed E-state index contributed by atoms with van der Waals surface area (Å²) in [4.78, 5) is 15.3. The molecule has 6 heteroatoms. The van der Waals surface area contributed by atoms with Gasteiger partial charge in [-0.15, -0.1) is 11.8 Å². The second kappa shape index (κ2) is 7.51. The molecule has 0 aromatic heterocycles. The Morgan fingerprint density at radius 2 is 2.00 bits per heavy atom. The number of nitrogens with zero attached hydrogens (tertiary/aromatic N) is 1. The van der Waals surface area contributed by atoms with Crippen molar-refractivity contribution >= 4 is 27.5 Å². The molecule has 0 spiro atoms. The predicted octanol–water partition coefficient (Wildman–Crippen LogP) is 2.51. The number of carbonyl (C=O) groups excluding carboxylic acids is 1. The number of benzene rings is 1. The summed E-state index contributed by atoms with van der Waals surface area (Å²) < 4.78 is 23.3. The summed E-state index contributed by atoms with van der Waals surface area (Å²) in [5.41, 5.74) is 1.19. The number of carbonyl (C=O) groups is 1. The molecule has 1 atom stereocenters. The van der Waals surface area contributed by atoms with Gasteiger partial charge in [-0.05, 0) is 31.9 Å². The molecular weight excluding hydrogens is 318 g/mol. The normalized spacial score (nSPS) is 20.0. The van der Waals surface area contributed by atoms with Gasteiger partial charge in [0.2, 0.25) is 5.91 Å². The molecule has 1 unspecified atom stereocenters. The van der Waals surface area contributed by atoms with Crippen molar-refractivity contribution in [3.8, 4) is 0 Å². The minimum atomic E-state index is -2.96. The third-order valence-electron chi connectivity index (χ3n) is 3.82. The average molecular weight is 341 g/mol. The molecule has 22 heavy (non-hydrogen) atoms. The van der Waals surface area contributed by atoms with Crippen LogP contribution in [0.3, 0.4) is 0 Å². The first-order valence-electron chi connectivity index (χ1n) is 7.60. The number of hydrogen-bond donors (Lipinski definition) is 0. The van der Waals surface area contributed by atoms with Crippen LogP contribution < -0.4 is 0 Å². The smallest absolute Gasteiger partial charge is 0.233 e. The highest BCUT2D eigenvalue weighted by atomic mass is 32.2. The number of hydrogen-bond acceptors (Lipinski definition) is 4. The molecule has 4 nitrogen and oxygen atoms in total. The van der Waals surface area contributed by atoms with Crippen LogP contribution in [0.5, 0.6) is 0 Å². The van der Waals surface area contributed by atoms with E-state index in [4.69, 9.17) is 0 Å². The topological polar surface area (TPSA) is 54.5 Å². The summed E-state index contributed by atoms with van der Waals surface area (Å²) in [6.07, 6.45) is 1.42. The highest BCUT2D eigenvalue weighted by Crippen LogP contribution is 2.22. The number of sulfone groups is 1. The van der Waals surface area contributed by atoms with Gasteiger partial charge in [-0.25, -0.2) is 8.42 Å². The monoisotopic (exact) mass is 341 g/mol. The SMILES string of the molecule is CCCN(C(=O)CSc1ccc(C)cc1)C1CCS(=O)(=O)C1. The fourth-order valence-electron chi connectivity index (χ4n) is 2.64. The third-order valence-corrected chi connectivity index (χ3v) is 6.56. The Bertz CT molecular complexity index is 611.